The van der Waals surface area contributed by atoms with E-state index in [4.69, 9.17) is 9.47 Å². The fourth-order valence-electron chi connectivity index (χ4n) is 1.83. The van der Waals surface area contributed by atoms with Crippen LogP contribution in [0.1, 0.15) is 24.7 Å². The van der Waals surface area contributed by atoms with Crippen molar-refractivity contribution in [3.05, 3.63) is 29.6 Å². The Morgan fingerprint density at radius 3 is 2.80 bits per heavy atom. The van der Waals surface area contributed by atoms with E-state index in [0.29, 0.717) is 0 Å². The van der Waals surface area contributed by atoms with Crippen LogP contribution in [0.5, 0.6) is 11.5 Å². The second-order valence-corrected chi connectivity index (χ2v) is 5.22. The highest BCUT2D eigenvalue weighted by Crippen LogP contribution is 2.29. The Hall–Kier alpha value is -1.69. The van der Waals surface area contributed by atoms with Gasteiger partial charge in [0.25, 0.3) is 0 Å². The molecule has 20 heavy (non-hydrogen) atoms. The summed E-state index contributed by atoms with van der Waals surface area (Å²) in [6.07, 6.45) is 1.99. The van der Waals surface area contributed by atoms with Crippen LogP contribution >= 0.6 is 11.8 Å². The van der Waals surface area contributed by atoms with E-state index in [2.05, 4.69) is 22.1 Å². The number of thioether (sulfide) groups is 1. The number of rotatable bonds is 7. The molecule has 0 bridgehead atoms. The zero-order chi connectivity index (χ0) is 14.4. The molecule has 0 saturated heterocycles. The Bertz CT molecular complexity index is 557. The van der Waals surface area contributed by atoms with Crippen LogP contribution in [0.15, 0.2) is 23.4 Å². The molecule has 0 atom stereocenters. The van der Waals surface area contributed by atoms with Gasteiger partial charge in [-0.1, -0.05) is 18.7 Å². The van der Waals surface area contributed by atoms with Gasteiger partial charge < -0.3 is 9.47 Å². The van der Waals surface area contributed by atoms with Crippen LogP contribution in [0.3, 0.4) is 0 Å². The predicted molar refractivity (Wildman–Crippen MR) is 79.5 cm³/mol. The van der Waals surface area contributed by atoms with Gasteiger partial charge in [0.05, 0.1) is 14.2 Å². The molecule has 0 radical (unpaired) electrons. The summed E-state index contributed by atoms with van der Waals surface area (Å²) in [6, 6.07) is 5.78. The first-order valence-electron chi connectivity index (χ1n) is 6.51. The van der Waals surface area contributed by atoms with E-state index in [1.165, 1.54) is 0 Å². The molecule has 2 rings (SSSR count). The van der Waals surface area contributed by atoms with E-state index in [9.17, 15) is 0 Å². The average molecular weight is 293 g/mol. The quantitative estimate of drug-likeness (QED) is 0.795. The Morgan fingerprint density at radius 1 is 1.25 bits per heavy atom. The first-order chi connectivity index (χ1) is 9.76. The summed E-state index contributed by atoms with van der Waals surface area (Å²) in [4.78, 5) is 4.44. The Labute approximate surface area is 123 Å². The molecular formula is C14H19N3O2S. The van der Waals surface area contributed by atoms with Crippen molar-refractivity contribution in [1.29, 1.82) is 0 Å². The van der Waals surface area contributed by atoms with Crippen LogP contribution in [0.4, 0.5) is 0 Å². The lowest BCUT2D eigenvalue weighted by molar-refractivity contribution is 0.400. The van der Waals surface area contributed by atoms with Gasteiger partial charge in [0.15, 0.2) is 0 Å². The van der Waals surface area contributed by atoms with Gasteiger partial charge in [-0.05, 0) is 24.6 Å². The van der Waals surface area contributed by atoms with Gasteiger partial charge in [0, 0.05) is 17.7 Å². The van der Waals surface area contributed by atoms with Crippen molar-refractivity contribution in [1.82, 2.24) is 15.2 Å². The zero-order valence-electron chi connectivity index (χ0n) is 12.0. The highest BCUT2D eigenvalue weighted by molar-refractivity contribution is 7.98. The molecule has 5 nitrogen and oxygen atoms in total. The summed E-state index contributed by atoms with van der Waals surface area (Å²) in [5, 5.41) is 7.92. The van der Waals surface area contributed by atoms with Crippen LogP contribution in [-0.4, -0.2) is 29.4 Å². The molecule has 0 aliphatic heterocycles. The maximum atomic E-state index is 5.36. The molecule has 0 aliphatic rings. The fourth-order valence-corrected chi connectivity index (χ4v) is 2.62. The molecule has 0 aliphatic carbocycles. The first kappa shape index (κ1) is 14.7. The van der Waals surface area contributed by atoms with E-state index < -0.39 is 0 Å². The number of nitrogens with zero attached hydrogens (tertiary/aromatic N) is 2. The highest BCUT2D eigenvalue weighted by Gasteiger charge is 2.08. The van der Waals surface area contributed by atoms with Crippen LogP contribution < -0.4 is 9.47 Å². The lowest BCUT2D eigenvalue weighted by Crippen LogP contribution is -1.92. The molecule has 0 fully saturated rings. The molecule has 0 amide bonds. The van der Waals surface area contributed by atoms with Gasteiger partial charge in [-0.2, -0.15) is 0 Å². The number of aryl methyl sites for hydroxylation is 1. The van der Waals surface area contributed by atoms with Gasteiger partial charge in [-0.25, -0.2) is 4.98 Å². The van der Waals surface area contributed by atoms with E-state index in [-0.39, 0.29) is 0 Å². The smallest absolute Gasteiger partial charge is 0.208 e. The van der Waals surface area contributed by atoms with Crippen molar-refractivity contribution in [2.45, 2.75) is 30.7 Å². The van der Waals surface area contributed by atoms with Crippen LogP contribution in [0.2, 0.25) is 0 Å². The predicted octanol–water partition coefficient (Wildman–Crippen LogP) is 3.07. The van der Waals surface area contributed by atoms with Crippen molar-refractivity contribution in [3.8, 4) is 11.5 Å². The van der Waals surface area contributed by atoms with Crippen molar-refractivity contribution in [3.63, 3.8) is 0 Å². The molecule has 1 aromatic carbocycles. The second-order valence-electron chi connectivity index (χ2n) is 4.28. The summed E-state index contributed by atoms with van der Waals surface area (Å²) in [5.74, 6) is 3.35. The van der Waals surface area contributed by atoms with Crippen LogP contribution in [-0.2, 0) is 12.2 Å². The molecule has 0 unspecified atom stereocenters. The second kappa shape index (κ2) is 7.19. The van der Waals surface area contributed by atoms with E-state index in [0.717, 1.165) is 46.6 Å². The van der Waals surface area contributed by atoms with Crippen molar-refractivity contribution < 1.29 is 9.47 Å². The maximum absolute atomic E-state index is 5.36. The number of aromatic nitrogens is 3. The van der Waals surface area contributed by atoms with Gasteiger partial charge in [-0.15, -0.1) is 5.10 Å². The van der Waals surface area contributed by atoms with Gasteiger partial charge in [-0.3, -0.25) is 5.10 Å². The highest BCUT2D eigenvalue weighted by atomic mass is 32.2. The molecule has 1 N–H and O–H groups in total. The molecule has 108 valence electrons. The van der Waals surface area contributed by atoms with Gasteiger partial charge >= 0.3 is 0 Å². The largest absolute Gasteiger partial charge is 0.497 e. The third-order valence-corrected chi connectivity index (χ3v) is 3.74. The zero-order valence-corrected chi connectivity index (χ0v) is 12.8. The third kappa shape index (κ3) is 3.66. The number of benzene rings is 1. The molecule has 1 aromatic heterocycles. The molecule has 2 aromatic rings. The standard InChI is InChI=1S/C14H19N3O2S/c1-4-5-13-15-14(17-16-13)20-9-10-8-11(18-2)6-7-12(10)19-3/h6-8H,4-5,9H2,1-3H3,(H,15,16,17). The van der Waals surface area contributed by atoms with E-state index >= 15 is 0 Å². The van der Waals surface area contributed by atoms with Crippen LogP contribution in [0, 0.1) is 0 Å². The third-order valence-electron chi connectivity index (χ3n) is 2.84. The number of hydrogen-bond donors (Lipinski definition) is 1. The number of methoxy groups -OCH3 is 2. The van der Waals surface area contributed by atoms with Crippen molar-refractivity contribution >= 4 is 11.8 Å². The summed E-state index contributed by atoms with van der Waals surface area (Å²) < 4.78 is 10.6. The Balaban J connectivity index is 2.05. The topological polar surface area (TPSA) is 60.0 Å². The first-order valence-corrected chi connectivity index (χ1v) is 7.50. The number of H-pyrrole nitrogens is 1. The Morgan fingerprint density at radius 2 is 2.10 bits per heavy atom. The minimum Gasteiger partial charge on any atom is -0.497 e. The monoisotopic (exact) mass is 293 g/mol. The average Bonchev–Trinajstić information content (AvgIpc) is 2.93. The number of hydrogen-bond acceptors (Lipinski definition) is 5. The van der Waals surface area contributed by atoms with Crippen molar-refractivity contribution in [2.75, 3.05) is 14.2 Å². The number of aromatic amines is 1. The van der Waals surface area contributed by atoms with Crippen LogP contribution in [0.25, 0.3) is 0 Å². The van der Waals surface area contributed by atoms with Gasteiger partial charge in [0.2, 0.25) is 5.16 Å². The summed E-state index contributed by atoms with van der Waals surface area (Å²) in [6.45, 7) is 2.12. The molecule has 0 spiro atoms. The Kier molecular flexibility index (Phi) is 5.29. The molecule has 0 saturated carbocycles. The SMILES string of the molecule is CCCc1nc(SCc2cc(OC)ccc2OC)n[nH]1. The van der Waals surface area contributed by atoms with Gasteiger partial charge in [0.1, 0.15) is 17.3 Å². The lowest BCUT2D eigenvalue weighted by Gasteiger charge is -2.09. The fraction of sp³-hybridized carbons (Fsp3) is 0.429. The molecule has 6 heteroatoms. The minimum absolute atomic E-state index is 0.740. The molecular weight excluding hydrogens is 274 g/mol. The summed E-state index contributed by atoms with van der Waals surface area (Å²) >= 11 is 1.58. The maximum Gasteiger partial charge on any atom is 0.208 e. The minimum atomic E-state index is 0.740. The molecule has 1 heterocycles. The van der Waals surface area contributed by atoms with Crippen molar-refractivity contribution in [2.24, 2.45) is 0 Å². The summed E-state index contributed by atoms with van der Waals surface area (Å²) in [5.41, 5.74) is 1.07. The van der Waals surface area contributed by atoms with E-state index in [1.54, 1.807) is 26.0 Å². The number of ether oxygens (including phenoxy) is 2. The number of nitrogens with one attached hydrogen (secondary N) is 1. The lowest BCUT2D eigenvalue weighted by atomic mass is 10.2. The van der Waals surface area contributed by atoms with E-state index in [1.807, 2.05) is 18.2 Å². The normalized spacial score (nSPS) is 10.6. The summed E-state index contributed by atoms with van der Waals surface area (Å²) in [7, 11) is 3.33.